The first kappa shape index (κ1) is 17.4. The van der Waals surface area contributed by atoms with Crippen molar-refractivity contribution in [1.82, 2.24) is 4.90 Å². The third-order valence-corrected chi connectivity index (χ3v) is 5.19. The Morgan fingerprint density at radius 1 is 1.10 bits per heavy atom. The number of nitrogens with zero attached hydrogens (tertiary/aromatic N) is 1. The van der Waals surface area contributed by atoms with E-state index < -0.39 is 9.84 Å². The van der Waals surface area contributed by atoms with Gasteiger partial charge in [0, 0.05) is 19.6 Å². The molecule has 0 atom stereocenters. The van der Waals surface area contributed by atoms with Crippen molar-refractivity contribution >= 4 is 15.8 Å². The van der Waals surface area contributed by atoms with Crippen LogP contribution in [-0.4, -0.2) is 57.0 Å². The zero-order chi connectivity index (χ0) is 14.8. The van der Waals surface area contributed by atoms with Gasteiger partial charge in [0.25, 0.3) is 0 Å². The molecule has 5 nitrogen and oxygen atoms in total. The number of carbonyl (C=O) groups is 1. The highest BCUT2D eigenvalue weighted by molar-refractivity contribution is 7.91. The van der Waals surface area contributed by atoms with Crippen molar-refractivity contribution in [2.24, 2.45) is 0 Å². The van der Waals surface area contributed by atoms with E-state index in [4.69, 9.17) is 4.74 Å². The van der Waals surface area contributed by atoms with E-state index in [0.29, 0.717) is 32.7 Å². The first-order valence-electron chi connectivity index (χ1n) is 7.62. The lowest BCUT2D eigenvalue weighted by atomic mass is 10.2. The topological polar surface area (TPSA) is 63.7 Å². The molecule has 0 N–H and O–H groups in total. The molecule has 1 aliphatic rings. The maximum Gasteiger partial charge on any atom is 0.307 e. The molecule has 1 aliphatic heterocycles. The zero-order valence-electron chi connectivity index (χ0n) is 12.5. The smallest absolute Gasteiger partial charge is 0.307 e. The van der Waals surface area contributed by atoms with Crippen molar-refractivity contribution in [1.29, 1.82) is 0 Å². The van der Waals surface area contributed by atoms with E-state index in [2.05, 4.69) is 6.92 Å². The van der Waals surface area contributed by atoms with Gasteiger partial charge in [-0.15, -0.1) is 0 Å². The fourth-order valence-corrected chi connectivity index (χ4v) is 3.46. The summed E-state index contributed by atoms with van der Waals surface area (Å²) >= 11 is 0. The quantitative estimate of drug-likeness (QED) is 0.478. The van der Waals surface area contributed by atoms with Gasteiger partial charge < -0.3 is 9.64 Å². The number of hydrogen-bond acceptors (Lipinski definition) is 5. The van der Waals surface area contributed by atoms with Crippen LogP contribution in [0.5, 0.6) is 0 Å². The molecule has 1 saturated heterocycles. The Hall–Kier alpha value is -0.620. The lowest BCUT2D eigenvalue weighted by Gasteiger charge is -2.25. The Bertz CT molecular complexity index is 367. The number of rotatable bonds is 9. The monoisotopic (exact) mass is 305 g/mol. The maximum atomic E-state index is 11.5. The van der Waals surface area contributed by atoms with E-state index in [-0.39, 0.29) is 17.5 Å². The predicted molar refractivity (Wildman–Crippen MR) is 79.4 cm³/mol. The van der Waals surface area contributed by atoms with Crippen molar-refractivity contribution in [3.63, 3.8) is 0 Å². The molecule has 0 aromatic carbocycles. The third kappa shape index (κ3) is 7.85. The van der Waals surface area contributed by atoms with Gasteiger partial charge in [0.05, 0.1) is 24.5 Å². The molecule has 1 rings (SSSR count). The highest BCUT2D eigenvalue weighted by atomic mass is 32.2. The normalized spacial score (nSPS) is 18.9. The number of unbranched alkanes of at least 4 members (excludes halogenated alkanes) is 4. The van der Waals surface area contributed by atoms with Crippen molar-refractivity contribution in [3.05, 3.63) is 0 Å². The van der Waals surface area contributed by atoms with Gasteiger partial charge in [-0.2, -0.15) is 0 Å². The highest BCUT2D eigenvalue weighted by Crippen LogP contribution is 2.05. The standard InChI is InChI=1S/C14H27NO4S/c1-2-3-4-5-6-11-19-14(16)7-8-15-9-12-20(17,18)13-10-15/h2-13H2,1H3. The van der Waals surface area contributed by atoms with Crippen LogP contribution in [0.3, 0.4) is 0 Å². The average molecular weight is 305 g/mol. The summed E-state index contributed by atoms with van der Waals surface area (Å²) in [6.07, 6.45) is 6.07. The predicted octanol–water partition coefficient (Wildman–Crippen LogP) is 1.62. The molecule has 0 radical (unpaired) electrons. The van der Waals surface area contributed by atoms with Gasteiger partial charge in [-0.3, -0.25) is 4.79 Å². The van der Waals surface area contributed by atoms with Crippen molar-refractivity contribution in [2.45, 2.75) is 45.4 Å². The first-order valence-corrected chi connectivity index (χ1v) is 9.44. The molecule has 0 spiro atoms. The van der Waals surface area contributed by atoms with Crippen molar-refractivity contribution in [3.8, 4) is 0 Å². The van der Waals surface area contributed by atoms with Gasteiger partial charge in [0.2, 0.25) is 0 Å². The van der Waals surface area contributed by atoms with Crippen LogP contribution in [0.15, 0.2) is 0 Å². The largest absolute Gasteiger partial charge is 0.466 e. The molecular weight excluding hydrogens is 278 g/mol. The molecule has 1 heterocycles. The molecule has 0 bridgehead atoms. The van der Waals surface area contributed by atoms with Gasteiger partial charge in [-0.25, -0.2) is 8.42 Å². The van der Waals surface area contributed by atoms with Crippen LogP contribution >= 0.6 is 0 Å². The van der Waals surface area contributed by atoms with E-state index in [1.807, 2.05) is 4.90 Å². The number of ether oxygens (including phenoxy) is 1. The lowest BCUT2D eigenvalue weighted by Crippen LogP contribution is -2.41. The highest BCUT2D eigenvalue weighted by Gasteiger charge is 2.21. The molecule has 0 amide bonds. The Morgan fingerprint density at radius 2 is 1.75 bits per heavy atom. The second-order valence-corrected chi connectivity index (χ2v) is 7.68. The maximum absolute atomic E-state index is 11.5. The van der Waals surface area contributed by atoms with Gasteiger partial charge in [-0.05, 0) is 6.42 Å². The van der Waals surface area contributed by atoms with E-state index in [1.165, 1.54) is 19.3 Å². The van der Waals surface area contributed by atoms with Crippen LogP contribution in [0.4, 0.5) is 0 Å². The summed E-state index contributed by atoms with van der Waals surface area (Å²) in [4.78, 5) is 13.6. The fourth-order valence-electron chi connectivity index (χ4n) is 2.19. The Kier molecular flexibility index (Phi) is 8.14. The molecule has 118 valence electrons. The summed E-state index contributed by atoms with van der Waals surface area (Å²) in [5, 5.41) is 0. The van der Waals surface area contributed by atoms with Gasteiger partial charge in [-0.1, -0.05) is 32.6 Å². The second kappa shape index (κ2) is 9.34. The lowest BCUT2D eigenvalue weighted by molar-refractivity contribution is -0.144. The van der Waals surface area contributed by atoms with Crippen LogP contribution < -0.4 is 0 Å². The molecule has 0 saturated carbocycles. The SMILES string of the molecule is CCCCCCCOC(=O)CCN1CCS(=O)(=O)CC1. The number of esters is 1. The van der Waals surface area contributed by atoms with Crippen LogP contribution in [0, 0.1) is 0 Å². The second-order valence-electron chi connectivity index (χ2n) is 5.38. The van der Waals surface area contributed by atoms with Gasteiger partial charge >= 0.3 is 5.97 Å². The minimum Gasteiger partial charge on any atom is -0.466 e. The Balaban J connectivity index is 2.00. The van der Waals surface area contributed by atoms with Crippen LogP contribution in [-0.2, 0) is 19.4 Å². The minimum atomic E-state index is -2.84. The molecule has 6 heteroatoms. The molecule has 0 aromatic heterocycles. The molecule has 0 unspecified atom stereocenters. The zero-order valence-corrected chi connectivity index (χ0v) is 13.3. The summed E-state index contributed by atoms with van der Waals surface area (Å²) in [6, 6.07) is 0. The summed E-state index contributed by atoms with van der Waals surface area (Å²) in [5.41, 5.74) is 0. The average Bonchev–Trinajstić information content (AvgIpc) is 2.41. The van der Waals surface area contributed by atoms with Gasteiger partial charge in [0.1, 0.15) is 0 Å². The minimum absolute atomic E-state index is 0.172. The van der Waals surface area contributed by atoms with Crippen molar-refractivity contribution in [2.75, 3.05) is 37.7 Å². The summed E-state index contributed by atoms with van der Waals surface area (Å²) in [5.74, 6) is 0.243. The number of hydrogen-bond donors (Lipinski definition) is 0. The van der Waals surface area contributed by atoms with E-state index in [1.54, 1.807) is 0 Å². The molecular formula is C14H27NO4S. The Labute approximate surface area is 122 Å². The molecule has 0 aliphatic carbocycles. The van der Waals surface area contributed by atoms with Gasteiger partial charge in [0.15, 0.2) is 9.84 Å². The number of sulfone groups is 1. The summed E-state index contributed by atoms with van der Waals surface area (Å²) in [7, 11) is -2.84. The van der Waals surface area contributed by atoms with Crippen LogP contribution in [0.25, 0.3) is 0 Å². The summed E-state index contributed by atoms with van der Waals surface area (Å²) in [6.45, 7) is 4.35. The molecule has 20 heavy (non-hydrogen) atoms. The van der Waals surface area contributed by atoms with Crippen molar-refractivity contribution < 1.29 is 17.9 Å². The number of carbonyl (C=O) groups excluding carboxylic acids is 1. The van der Waals surface area contributed by atoms with E-state index in [0.717, 1.165) is 12.8 Å². The molecule has 0 aromatic rings. The first-order chi connectivity index (χ1) is 9.53. The van der Waals surface area contributed by atoms with Crippen LogP contribution in [0.1, 0.15) is 45.4 Å². The molecule has 1 fully saturated rings. The Morgan fingerprint density at radius 3 is 2.40 bits per heavy atom. The van der Waals surface area contributed by atoms with E-state index in [9.17, 15) is 13.2 Å². The van der Waals surface area contributed by atoms with E-state index >= 15 is 0 Å². The fraction of sp³-hybridized carbons (Fsp3) is 0.929. The summed E-state index contributed by atoms with van der Waals surface area (Å²) < 4.78 is 27.7. The third-order valence-electron chi connectivity index (χ3n) is 3.58. The van der Waals surface area contributed by atoms with Crippen LogP contribution in [0.2, 0.25) is 0 Å².